The highest BCUT2D eigenvalue weighted by Gasteiger charge is 2.35. The lowest BCUT2D eigenvalue weighted by atomic mass is 9.82. The van der Waals surface area contributed by atoms with E-state index in [1.165, 1.54) is 11.9 Å². The number of Topliss-reactive ketones (excluding diaryl/α,β-unsaturated/α-hetero) is 2. The highest BCUT2D eigenvalue weighted by Crippen LogP contribution is 2.23. The Kier molecular flexibility index (Phi) is 3.50. The van der Waals surface area contributed by atoms with Crippen LogP contribution in [0.4, 0.5) is 0 Å². The third kappa shape index (κ3) is 2.25. The first kappa shape index (κ1) is 11.5. The molecular weight excluding hydrogens is 198 g/mol. The SMILES string of the molecule is CCC(C)(C)C(=O)C(=O)[C@H]1C=CSN1. The van der Waals surface area contributed by atoms with Crippen LogP contribution in [-0.2, 0) is 9.59 Å². The Bertz CT molecular complexity index is 284. The molecule has 0 spiro atoms. The standard InChI is InChI=1S/C10H15NO2S/c1-4-10(2,3)9(13)8(12)7-5-6-14-11-7/h5-7,11H,4H2,1-3H3/t7-/m1/s1. The average Bonchev–Trinajstić information content (AvgIpc) is 2.68. The number of hydrogen-bond acceptors (Lipinski definition) is 4. The average molecular weight is 213 g/mol. The number of hydrogen-bond donors (Lipinski definition) is 1. The molecule has 1 heterocycles. The summed E-state index contributed by atoms with van der Waals surface area (Å²) in [5, 5.41) is 1.79. The van der Waals surface area contributed by atoms with Gasteiger partial charge in [0.2, 0.25) is 11.6 Å². The van der Waals surface area contributed by atoms with Crippen molar-refractivity contribution >= 4 is 23.5 Å². The molecule has 1 atom stereocenters. The van der Waals surface area contributed by atoms with E-state index < -0.39 is 11.5 Å². The summed E-state index contributed by atoms with van der Waals surface area (Å²) >= 11 is 1.34. The van der Waals surface area contributed by atoms with E-state index in [4.69, 9.17) is 0 Å². The van der Waals surface area contributed by atoms with E-state index in [1.54, 1.807) is 25.3 Å². The van der Waals surface area contributed by atoms with Gasteiger partial charge in [-0.15, -0.1) is 0 Å². The zero-order valence-electron chi connectivity index (χ0n) is 8.66. The van der Waals surface area contributed by atoms with E-state index in [-0.39, 0.29) is 11.6 Å². The molecule has 3 nitrogen and oxygen atoms in total. The fourth-order valence-electron chi connectivity index (χ4n) is 1.05. The molecule has 0 radical (unpaired) electrons. The zero-order chi connectivity index (χ0) is 10.8. The Hall–Kier alpha value is -0.610. The van der Waals surface area contributed by atoms with Crippen molar-refractivity contribution in [3.63, 3.8) is 0 Å². The highest BCUT2D eigenvalue weighted by atomic mass is 32.2. The third-order valence-electron chi connectivity index (χ3n) is 2.54. The van der Waals surface area contributed by atoms with Crippen LogP contribution in [0, 0.1) is 5.41 Å². The van der Waals surface area contributed by atoms with E-state index in [9.17, 15) is 9.59 Å². The van der Waals surface area contributed by atoms with Gasteiger partial charge in [0.25, 0.3) is 0 Å². The fourth-order valence-corrected chi connectivity index (χ4v) is 1.69. The van der Waals surface area contributed by atoms with Gasteiger partial charge in [-0.1, -0.05) is 38.8 Å². The second kappa shape index (κ2) is 4.28. The normalized spacial score (nSPS) is 21.2. The van der Waals surface area contributed by atoms with Crippen molar-refractivity contribution in [1.29, 1.82) is 0 Å². The van der Waals surface area contributed by atoms with Crippen molar-refractivity contribution in [3.8, 4) is 0 Å². The van der Waals surface area contributed by atoms with Gasteiger partial charge in [0.15, 0.2) is 0 Å². The topological polar surface area (TPSA) is 46.2 Å². The lowest BCUT2D eigenvalue weighted by Crippen LogP contribution is -2.40. The Balaban J connectivity index is 2.70. The first-order chi connectivity index (χ1) is 6.49. The largest absolute Gasteiger partial charge is 0.290 e. The molecular formula is C10H15NO2S. The summed E-state index contributed by atoms with van der Waals surface area (Å²) in [4.78, 5) is 23.4. The van der Waals surface area contributed by atoms with Gasteiger partial charge in [0.1, 0.15) is 6.04 Å². The van der Waals surface area contributed by atoms with Crippen LogP contribution < -0.4 is 4.72 Å². The molecule has 0 unspecified atom stereocenters. The predicted molar refractivity (Wildman–Crippen MR) is 57.7 cm³/mol. The molecule has 4 heteroatoms. The van der Waals surface area contributed by atoms with E-state index in [0.717, 1.165) is 0 Å². The Morgan fingerprint density at radius 2 is 2.14 bits per heavy atom. The molecule has 0 bridgehead atoms. The Morgan fingerprint density at radius 1 is 1.50 bits per heavy atom. The highest BCUT2D eigenvalue weighted by molar-refractivity contribution is 8.00. The minimum absolute atomic E-state index is 0.287. The summed E-state index contributed by atoms with van der Waals surface area (Å²) in [6, 6.07) is -0.432. The molecule has 14 heavy (non-hydrogen) atoms. The van der Waals surface area contributed by atoms with Crippen molar-refractivity contribution in [1.82, 2.24) is 4.72 Å². The smallest absolute Gasteiger partial charge is 0.220 e. The third-order valence-corrected chi connectivity index (χ3v) is 3.22. The van der Waals surface area contributed by atoms with Crippen LogP contribution in [-0.4, -0.2) is 17.6 Å². The Morgan fingerprint density at radius 3 is 2.57 bits per heavy atom. The van der Waals surface area contributed by atoms with E-state index >= 15 is 0 Å². The number of nitrogens with one attached hydrogen (secondary N) is 1. The van der Waals surface area contributed by atoms with Crippen molar-refractivity contribution in [3.05, 3.63) is 11.5 Å². The summed E-state index contributed by atoms with van der Waals surface area (Å²) in [6.45, 7) is 5.52. The van der Waals surface area contributed by atoms with Crippen LogP contribution in [0.5, 0.6) is 0 Å². The first-order valence-corrected chi connectivity index (χ1v) is 5.53. The summed E-state index contributed by atoms with van der Waals surface area (Å²) in [5.74, 6) is -0.622. The second-order valence-corrected chi connectivity index (χ2v) is 4.72. The fraction of sp³-hybridized carbons (Fsp3) is 0.600. The summed E-state index contributed by atoms with van der Waals surface area (Å²) < 4.78 is 2.87. The summed E-state index contributed by atoms with van der Waals surface area (Å²) in [5.41, 5.74) is -0.542. The van der Waals surface area contributed by atoms with E-state index in [0.29, 0.717) is 6.42 Å². The van der Waals surface area contributed by atoms with Gasteiger partial charge in [0, 0.05) is 5.41 Å². The molecule has 0 aromatic rings. The number of rotatable bonds is 4. The van der Waals surface area contributed by atoms with Crippen LogP contribution in [0.25, 0.3) is 0 Å². The van der Waals surface area contributed by atoms with Gasteiger partial charge >= 0.3 is 0 Å². The molecule has 1 aliphatic heterocycles. The van der Waals surface area contributed by atoms with E-state index in [2.05, 4.69) is 4.72 Å². The van der Waals surface area contributed by atoms with Crippen molar-refractivity contribution in [2.24, 2.45) is 5.41 Å². The molecule has 1 N–H and O–H groups in total. The maximum absolute atomic E-state index is 11.8. The van der Waals surface area contributed by atoms with Crippen LogP contribution >= 0.6 is 11.9 Å². The van der Waals surface area contributed by atoms with Gasteiger partial charge in [0.05, 0.1) is 0 Å². The maximum Gasteiger partial charge on any atom is 0.220 e. The minimum Gasteiger partial charge on any atom is -0.290 e. The van der Waals surface area contributed by atoms with Crippen molar-refractivity contribution in [2.45, 2.75) is 33.2 Å². The summed E-state index contributed by atoms with van der Waals surface area (Å²) in [6.07, 6.45) is 2.40. The molecule has 1 aliphatic rings. The minimum atomic E-state index is -0.542. The first-order valence-electron chi connectivity index (χ1n) is 4.65. The van der Waals surface area contributed by atoms with Crippen molar-refractivity contribution in [2.75, 3.05) is 0 Å². The van der Waals surface area contributed by atoms with Gasteiger partial charge in [-0.25, -0.2) is 4.72 Å². The molecule has 0 saturated heterocycles. The second-order valence-electron chi connectivity index (χ2n) is 3.97. The molecule has 0 fully saturated rings. The molecule has 0 aromatic heterocycles. The van der Waals surface area contributed by atoms with Gasteiger partial charge in [-0.3, -0.25) is 9.59 Å². The van der Waals surface area contributed by atoms with Crippen LogP contribution in [0.3, 0.4) is 0 Å². The monoisotopic (exact) mass is 213 g/mol. The Labute approximate surface area is 88.5 Å². The molecule has 0 amide bonds. The molecule has 0 aliphatic carbocycles. The maximum atomic E-state index is 11.8. The van der Waals surface area contributed by atoms with Gasteiger partial charge in [-0.2, -0.15) is 0 Å². The molecule has 0 aromatic carbocycles. The summed E-state index contributed by atoms with van der Waals surface area (Å²) in [7, 11) is 0. The zero-order valence-corrected chi connectivity index (χ0v) is 9.48. The lowest BCUT2D eigenvalue weighted by Gasteiger charge is -2.20. The molecule has 78 valence electrons. The lowest BCUT2D eigenvalue weighted by molar-refractivity contribution is -0.142. The molecule has 1 rings (SSSR count). The van der Waals surface area contributed by atoms with Crippen LogP contribution in [0.1, 0.15) is 27.2 Å². The van der Waals surface area contributed by atoms with Gasteiger partial charge in [-0.05, 0) is 11.8 Å². The van der Waals surface area contributed by atoms with Crippen molar-refractivity contribution < 1.29 is 9.59 Å². The quantitative estimate of drug-likeness (QED) is 0.570. The van der Waals surface area contributed by atoms with Gasteiger partial charge < -0.3 is 0 Å². The number of ketones is 2. The number of carbonyl (C=O) groups is 2. The van der Waals surface area contributed by atoms with Crippen LogP contribution in [0.2, 0.25) is 0 Å². The predicted octanol–water partition coefficient (Wildman–Crippen LogP) is 1.69. The number of carbonyl (C=O) groups excluding carboxylic acids is 2. The van der Waals surface area contributed by atoms with E-state index in [1.807, 2.05) is 6.92 Å². The molecule has 0 saturated carbocycles. The van der Waals surface area contributed by atoms with Crippen LogP contribution in [0.15, 0.2) is 11.5 Å².